The third-order valence-electron chi connectivity index (χ3n) is 11.0. The van der Waals surface area contributed by atoms with Crippen molar-refractivity contribution in [1.29, 1.82) is 0 Å². The Morgan fingerprint density at radius 3 is 2.56 bits per heavy atom. The first-order valence-electron chi connectivity index (χ1n) is 12.7. The maximum absolute atomic E-state index is 2.75. The van der Waals surface area contributed by atoms with Crippen molar-refractivity contribution in [1.82, 2.24) is 0 Å². The van der Waals surface area contributed by atoms with E-state index < -0.39 is 0 Å². The van der Waals surface area contributed by atoms with Gasteiger partial charge in [0.1, 0.15) is 0 Å². The summed E-state index contributed by atoms with van der Waals surface area (Å²) in [5.41, 5.74) is 3.12. The lowest BCUT2D eigenvalue weighted by molar-refractivity contribution is -0.0508. The first kappa shape index (κ1) is 18.7. The fourth-order valence-electron chi connectivity index (χ4n) is 9.61. The minimum Gasteiger partial charge on any atom is -0.0845 e. The summed E-state index contributed by atoms with van der Waals surface area (Å²) in [6.07, 6.45) is 23.9. The topological polar surface area (TPSA) is 0 Å². The van der Waals surface area contributed by atoms with Crippen LogP contribution < -0.4 is 0 Å². The summed E-state index contributed by atoms with van der Waals surface area (Å²) in [6, 6.07) is 0. The molecule has 0 aromatic carbocycles. The number of rotatable bonds is 3. The summed E-state index contributed by atoms with van der Waals surface area (Å²) in [6.45, 7) is 8.07. The third kappa shape index (κ3) is 2.90. The van der Waals surface area contributed by atoms with Crippen LogP contribution in [-0.2, 0) is 0 Å². The normalized spacial score (nSPS) is 48.5. The summed E-state index contributed by atoms with van der Waals surface area (Å²) in [7, 11) is 0. The van der Waals surface area contributed by atoms with Crippen LogP contribution in [0, 0.1) is 46.3 Å². The van der Waals surface area contributed by atoms with Crippen LogP contribution in [0.25, 0.3) is 0 Å². The van der Waals surface area contributed by atoms with Gasteiger partial charge in [0.05, 0.1) is 0 Å². The first-order valence-corrected chi connectivity index (χ1v) is 12.7. The second kappa shape index (κ2) is 6.91. The SMILES string of the molecule is CC(CC1CCCC1)C1CCC2C3CC=C4CCCCC4(C)C3CCC12C. The molecule has 0 radical (unpaired) electrons. The van der Waals surface area contributed by atoms with E-state index in [0.717, 1.165) is 35.5 Å². The molecule has 5 aliphatic rings. The maximum Gasteiger partial charge on any atom is -0.00853 e. The van der Waals surface area contributed by atoms with Gasteiger partial charge in [-0.25, -0.2) is 0 Å². The maximum atomic E-state index is 2.75. The van der Waals surface area contributed by atoms with Crippen molar-refractivity contribution in [3.63, 3.8) is 0 Å². The predicted molar refractivity (Wildman–Crippen MR) is 116 cm³/mol. The number of fused-ring (bicyclic) bond motifs is 5. The number of allylic oxidation sites excluding steroid dienone is 2. The zero-order valence-corrected chi connectivity index (χ0v) is 18.4. The van der Waals surface area contributed by atoms with E-state index in [1.807, 2.05) is 5.57 Å². The van der Waals surface area contributed by atoms with Crippen molar-refractivity contribution in [3.8, 4) is 0 Å². The molecule has 0 heteroatoms. The molecule has 7 atom stereocenters. The van der Waals surface area contributed by atoms with Gasteiger partial charge >= 0.3 is 0 Å². The number of hydrogen-bond acceptors (Lipinski definition) is 0. The van der Waals surface area contributed by atoms with Crippen LogP contribution in [0.15, 0.2) is 11.6 Å². The lowest BCUT2D eigenvalue weighted by Gasteiger charge is -2.58. The van der Waals surface area contributed by atoms with Crippen molar-refractivity contribution >= 4 is 0 Å². The average molecular weight is 369 g/mol. The van der Waals surface area contributed by atoms with Gasteiger partial charge in [0.25, 0.3) is 0 Å². The second-order valence-electron chi connectivity index (χ2n) is 12.1. The van der Waals surface area contributed by atoms with Crippen LogP contribution in [0.3, 0.4) is 0 Å². The first-order chi connectivity index (χ1) is 13.0. The lowest BCUT2D eigenvalue weighted by Crippen LogP contribution is -2.50. The van der Waals surface area contributed by atoms with Crippen LogP contribution in [0.4, 0.5) is 0 Å². The molecule has 27 heavy (non-hydrogen) atoms. The van der Waals surface area contributed by atoms with E-state index in [0.29, 0.717) is 10.8 Å². The monoisotopic (exact) mass is 368 g/mol. The van der Waals surface area contributed by atoms with Crippen LogP contribution in [0.2, 0.25) is 0 Å². The van der Waals surface area contributed by atoms with Gasteiger partial charge in [0, 0.05) is 0 Å². The van der Waals surface area contributed by atoms with Crippen molar-refractivity contribution in [2.45, 2.75) is 111 Å². The van der Waals surface area contributed by atoms with Crippen molar-refractivity contribution in [2.75, 3.05) is 0 Å². The molecule has 0 bridgehead atoms. The van der Waals surface area contributed by atoms with Gasteiger partial charge in [-0.15, -0.1) is 0 Å². The van der Waals surface area contributed by atoms with E-state index in [9.17, 15) is 0 Å². The molecule has 5 rings (SSSR count). The minimum absolute atomic E-state index is 0.579. The van der Waals surface area contributed by atoms with E-state index in [1.165, 1.54) is 64.2 Å². The fraction of sp³-hybridized carbons (Fsp3) is 0.926. The van der Waals surface area contributed by atoms with Gasteiger partial charge in [-0.05, 0) is 104 Å². The van der Waals surface area contributed by atoms with E-state index in [2.05, 4.69) is 26.8 Å². The Balaban J connectivity index is 1.35. The van der Waals surface area contributed by atoms with Crippen molar-refractivity contribution in [2.24, 2.45) is 46.3 Å². The molecule has 0 spiro atoms. The predicted octanol–water partition coefficient (Wildman–Crippen LogP) is 8.17. The third-order valence-corrected chi connectivity index (χ3v) is 11.0. The Kier molecular flexibility index (Phi) is 4.80. The zero-order valence-electron chi connectivity index (χ0n) is 18.4. The highest BCUT2D eigenvalue weighted by Crippen LogP contribution is 2.67. The van der Waals surface area contributed by atoms with Gasteiger partial charge in [0.15, 0.2) is 0 Å². The quantitative estimate of drug-likeness (QED) is 0.441. The minimum atomic E-state index is 0.579. The Hall–Kier alpha value is -0.260. The van der Waals surface area contributed by atoms with Crippen molar-refractivity contribution in [3.05, 3.63) is 11.6 Å². The Morgan fingerprint density at radius 2 is 1.74 bits per heavy atom. The Bertz CT molecular complexity index is 581. The Labute approximate surface area is 169 Å². The van der Waals surface area contributed by atoms with Gasteiger partial charge in [-0.3, -0.25) is 0 Å². The van der Waals surface area contributed by atoms with E-state index in [1.54, 1.807) is 25.7 Å². The molecule has 0 aromatic heterocycles. The largest absolute Gasteiger partial charge is 0.0845 e. The molecular formula is C27H44. The highest BCUT2D eigenvalue weighted by Gasteiger charge is 2.58. The molecule has 5 aliphatic carbocycles. The molecule has 7 unspecified atom stereocenters. The van der Waals surface area contributed by atoms with Crippen LogP contribution in [-0.4, -0.2) is 0 Å². The highest BCUT2D eigenvalue weighted by molar-refractivity contribution is 5.24. The molecule has 0 N–H and O–H groups in total. The van der Waals surface area contributed by atoms with E-state index >= 15 is 0 Å². The lowest BCUT2D eigenvalue weighted by atomic mass is 9.47. The molecule has 0 saturated heterocycles. The zero-order chi connectivity index (χ0) is 18.6. The van der Waals surface area contributed by atoms with E-state index in [-0.39, 0.29) is 0 Å². The van der Waals surface area contributed by atoms with Gasteiger partial charge in [0.2, 0.25) is 0 Å². The number of hydrogen-bond donors (Lipinski definition) is 0. The molecule has 152 valence electrons. The summed E-state index contributed by atoms with van der Waals surface area (Å²) >= 11 is 0. The average Bonchev–Trinajstić information content (AvgIpc) is 3.28. The molecule has 0 aliphatic heterocycles. The second-order valence-corrected chi connectivity index (χ2v) is 12.1. The smallest absolute Gasteiger partial charge is 0.00853 e. The Morgan fingerprint density at radius 1 is 0.926 bits per heavy atom. The fourth-order valence-corrected chi connectivity index (χ4v) is 9.61. The molecule has 0 aromatic rings. The molecule has 0 amide bonds. The van der Waals surface area contributed by atoms with Gasteiger partial charge in [-0.1, -0.05) is 64.5 Å². The highest BCUT2D eigenvalue weighted by atomic mass is 14.6. The van der Waals surface area contributed by atoms with Crippen molar-refractivity contribution < 1.29 is 0 Å². The molecule has 4 saturated carbocycles. The van der Waals surface area contributed by atoms with Gasteiger partial charge < -0.3 is 0 Å². The summed E-state index contributed by atoms with van der Waals surface area (Å²) in [5.74, 6) is 6.12. The molecule has 0 nitrogen and oxygen atoms in total. The van der Waals surface area contributed by atoms with Gasteiger partial charge in [-0.2, -0.15) is 0 Å². The molecule has 4 fully saturated rings. The molecular weight excluding hydrogens is 324 g/mol. The summed E-state index contributed by atoms with van der Waals surface area (Å²) in [4.78, 5) is 0. The molecule has 0 heterocycles. The van der Waals surface area contributed by atoms with E-state index in [4.69, 9.17) is 0 Å². The van der Waals surface area contributed by atoms with Crippen LogP contribution in [0.1, 0.15) is 111 Å². The van der Waals surface area contributed by atoms with Crippen LogP contribution >= 0.6 is 0 Å². The summed E-state index contributed by atoms with van der Waals surface area (Å²) < 4.78 is 0. The standard InChI is InChI=1S/C27H44/c1-19(18-20-8-4-5-9-20)23-13-14-24-22-12-11-21-10-6-7-16-26(21,2)25(22)15-17-27(23,24)3/h11,19-20,22-25H,4-10,12-18H2,1-3H3. The summed E-state index contributed by atoms with van der Waals surface area (Å²) in [5, 5.41) is 0. The van der Waals surface area contributed by atoms with Crippen LogP contribution in [0.5, 0.6) is 0 Å².